The summed E-state index contributed by atoms with van der Waals surface area (Å²) in [6.07, 6.45) is 8.52. The first kappa shape index (κ1) is 19.1. The molecule has 1 spiro atoms. The molecule has 2 fully saturated rings. The van der Waals surface area contributed by atoms with E-state index < -0.39 is 0 Å². The molecule has 7 heteroatoms. The van der Waals surface area contributed by atoms with Gasteiger partial charge in [-0.1, -0.05) is 23.7 Å². The Bertz CT molecular complexity index is 1200. The Hall–Kier alpha value is -2.57. The Morgan fingerprint density at radius 3 is 2.97 bits per heavy atom. The number of halogens is 1. The quantitative estimate of drug-likeness (QED) is 0.548. The average Bonchev–Trinajstić information content (AvgIpc) is 3.47. The number of aromatic amines is 1. The van der Waals surface area contributed by atoms with E-state index in [1.807, 2.05) is 29.4 Å². The third-order valence-corrected chi connectivity index (χ3v) is 7.71. The largest absolute Gasteiger partial charge is 0.393 e. The highest BCUT2D eigenvalue weighted by Crippen LogP contribution is 2.52. The molecular weight excluding hydrogens is 412 g/mol. The zero-order chi connectivity index (χ0) is 21.2. The molecule has 31 heavy (non-hydrogen) atoms. The number of hydrogen-bond donors (Lipinski definition) is 3. The number of benzene rings is 1. The Kier molecular flexibility index (Phi) is 4.30. The minimum Gasteiger partial charge on any atom is -0.393 e. The van der Waals surface area contributed by atoms with E-state index in [0.29, 0.717) is 17.9 Å². The van der Waals surface area contributed by atoms with Gasteiger partial charge in [-0.2, -0.15) is 0 Å². The molecule has 0 radical (unpaired) electrons. The number of fused-ring (bicyclic) bond motifs is 3. The van der Waals surface area contributed by atoms with Gasteiger partial charge in [0.05, 0.1) is 22.3 Å². The summed E-state index contributed by atoms with van der Waals surface area (Å²) in [4.78, 5) is 22.5. The van der Waals surface area contributed by atoms with Gasteiger partial charge in [0, 0.05) is 59.4 Å². The van der Waals surface area contributed by atoms with Crippen molar-refractivity contribution in [2.75, 3.05) is 23.3 Å². The van der Waals surface area contributed by atoms with Crippen molar-refractivity contribution < 1.29 is 9.90 Å². The zero-order valence-corrected chi connectivity index (χ0v) is 18.0. The summed E-state index contributed by atoms with van der Waals surface area (Å²) in [5.41, 5.74) is 4.65. The molecule has 4 heterocycles. The van der Waals surface area contributed by atoms with Crippen LogP contribution in [-0.2, 0) is 10.2 Å². The summed E-state index contributed by atoms with van der Waals surface area (Å²) in [5, 5.41) is 15.4. The van der Waals surface area contributed by atoms with E-state index in [2.05, 4.69) is 16.4 Å². The van der Waals surface area contributed by atoms with Gasteiger partial charge >= 0.3 is 0 Å². The van der Waals surface area contributed by atoms with E-state index in [9.17, 15) is 9.90 Å². The molecule has 2 aromatic heterocycles. The Labute approximate surface area is 185 Å². The van der Waals surface area contributed by atoms with Crippen LogP contribution >= 0.6 is 11.6 Å². The molecule has 2 aliphatic heterocycles. The molecule has 3 N–H and O–H groups in total. The maximum atomic E-state index is 12.5. The predicted octanol–water partition coefficient (Wildman–Crippen LogP) is 4.61. The number of nitrogens with one attached hydrogen (secondary N) is 2. The number of para-hydroxylation sites is 1. The van der Waals surface area contributed by atoms with Crippen LogP contribution in [-0.4, -0.2) is 40.2 Å². The number of aliphatic hydroxyl groups is 1. The van der Waals surface area contributed by atoms with Crippen molar-refractivity contribution in [3.05, 3.63) is 41.2 Å². The molecular formula is C24H25ClN4O2. The van der Waals surface area contributed by atoms with Gasteiger partial charge in [0.15, 0.2) is 0 Å². The number of nitrogens with zero attached hydrogens (tertiary/aromatic N) is 2. The summed E-state index contributed by atoms with van der Waals surface area (Å²) >= 11 is 7.03. The number of aromatic nitrogens is 2. The Morgan fingerprint density at radius 2 is 2.16 bits per heavy atom. The normalized spacial score (nSPS) is 25.4. The second kappa shape index (κ2) is 6.97. The topological polar surface area (TPSA) is 81.2 Å². The van der Waals surface area contributed by atoms with Gasteiger partial charge in [0.2, 0.25) is 5.91 Å². The average molecular weight is 437 g/mol. The van der Waals surface area contributed by atoms with Crippen LogP contribution in [0.4, 0.5) is 11.5 Å². The van der Waals surface area contributed by atoms with E-state index in [1.165, 1.54) is 0 Å². The van der Waals surface area contributed by atoms with Gasteiger partial charge < -0.3 is 20.3 Å². The van der Waals surface area contributed by atoms with Crippen molar-refractivity contribution in [3.8, 4) is 11.1 Å². The molecule has 6 rings (SSSR count). The SMILES string of the molecule is O=C1CCCCN1c1cccc2c(-c3cnc4c(c3Cl)C3(CCC(O)C3)CN4)c[nH]c12. The molecule has 2 unspecified atom stereocenters. The van der Waals surface area contributed by atoms with Crippen molar-refractivity contribution >= 4 is 39.9 Å². The van der Waals surface area contributed by atoms with E-state index in [4.69, 9.17) is 16.6 Å². The number of piperidine rings is 1. The standard InChI is InChI=1S/C24H25ClN4O2/c25-21-17(12-27-23-20(21)24(13-28-23)8-7-14(30)10-24)16-11-26-22-15(16)4-3-5-18(22)29-9-2-1-6-19(29)31/h3-5,11-12,14,26,30H,1-2,6-10,13H2,(H,27,28). The number of anilines is 2. The Balaban J connectivity index is 1.48. The molecule has 6 nitrogen and oxygen atoms in total. The lowest BCUT2D eigenvalue weighted by atomic mass is 9.80. The van der Waals surface area contributed by atoms with E-state index in [-0.39, 0.29) is 17.4 Å². The van der Waals surface area contributed by atoms with E-state index >= 15 is 0 Å². The van der Waals surface area contributed by atoms with Crippen LogP contribution in [0.15, 0.2) is 30.6 Å². The first-order valence-electron chi connectivity index (χ1n) is 11.1. The fourth-order valence-corrected chi connectivity index (χ4v) is 6.21. The molecule has 3 aliphatic rings. The van der Waals surface area contributed by atoms with Crippen LogP contribution in [0.3, 0.4) is 0 Å². The van der Waals surface area contributed by atoms with Gasteiger partial charge in [-0.25, -0.2) is 4.98 Å². The molecule has 160 valence electrons. The lowest BCUT2D eigenvalue weighted by molar-refractivity contribution is -0.119. The fraction of sp³-hybridized carbons (Fsp3) is 0.417. The summed E-state index contributed by atoms with van der Waals surface area (Å²) in [6.45, 7) is 1.52. The second-order valence-electron chi connectivity index (χ2n) is 9.14. The first-order chi connectivity index (χ1) is 15.1. The highest BCUT2D eigenvalue weighted by Gasteiger charge is 2.47. The van der Waals surface area contributed by atoms with Crippen molar-refractivity contribution in [1.82, 2.24) is 9.97 Å². The van der Waals surface area contributed by atoms with Crippen molar-refractivity contribution in [2.24, 2.45) is 0 Å². The van der Waals surface area contributed by atoms with Gasteiger partial charge in [0.1, 0.15) is 5.82 Å². The monoisotopic (exact) mass is 436 g/mol. The maximum absolute atomic E-state index is 12.5. The van der Waals surface area contributed by atoms with Crippen molar-refractivity contribution in [1.29, 1.82) is 0 Å². The highest BCUT2D eigenvalue weighted by molar-refractivity contribution is 6.35. The van der Waals surface area contributed by atoms with Crippen molar-refractivity contribution in [3.63, 3.8) is 0 Å². The van der Waals surface area contributed by atoms with Crippen LogP contribution in [0.5, 0.6) is 0 Å². The van der Waals surface area contributed by atoms with Crippen LogP contribution in [0.1, 0.15) is 44.1 Å². The van der Waals surface area contributed by atoms with E-state index in [1.54, 1.807) is 0 Å². The summed E-state index contributed by atoms with van der Waals surface area (Å²) in [7, 11) is 0. The van der Waals surface area contributed by atoms with Crippen LogP contribution in [0, 0.1) is 0 Å². The smallest absolute Gasteiger partial charge is 0.227 e. The molecule has 2 atom stereocenters. The number of carbonyl (C=O) groups is 1. The second-order valence-corrected chi connectivity index (χ2v) is 9.52. The summed E-state index contributed by atoms with van der Waals surface area (Å²) < 4.78 is 0. The number of rotatable bonds is 2. The predicted molar refractivity (Wildman–Crippen MR) is 123 cm³/mol. The van der Waals surface area contributed by atoms with Gasteiger partial charge in [-0.15, -0.1) is 0 Å². The zero-order valence-electron chi connectivity index (χ0n) is 17.2. The minimum atomic E-state index is -0.287. The van der Waals surface area contributed by atoms with Crippen LogP contribution < -0.4 is 10.2 Å². The molecule has 1 saturated carbocycles. The van der Waals surface area contributed by atoms with Crippen molar-refractivity contribution in [2.45, 2.75) is 50.0 Å². The molecule has 1 amide bonds. The molecule has 1 aliphatic carbocycles. The maximum Gasteiger partial charge on any atom is 0.227 e. The molecule has 3 aromatic rings. The first-order valence-corrected chi connectivity index (χ1v) is 11.5. The molecule has 0 bridgehead atoms. The third-order valence-electron chi connectivity index (χ3n) is 7.32. The number of hydrogen-bond acceptors (Lipinski definition) is 4. The number of carbonyl (C=O) groups excluding carboxylic acids is 1. The third kappa shape index (κ3) is 2.81. The number of aliphatic hydroxyl groups excluding tert-OH is 1. The van der Waals surface area contributed by atoms with Gasteiger partial charge in [-0.05, 0) is 38.2 Å². The highest BCUT2D eigenvalue weighted by atomic mass is 35.5. The molecule has 1 saturated heterocycles. The number of H-pyrrole nitrogens is 1. The minimum absolute atomic E-state index is 0.146. The van der Waals surface area contributed by atoms with Gasteiger partial charge in [-0.3, -0.25) is 4.79 Å². The van der Waals surface area contributed by atoms with Gasteiger partial charge in [0.25, 0.3) is 0 Å². The van der Waals surface area contributed by atoms with Crippen LogP contribution in [0.25, 0.3) is 22.0 Å². The summed E-state index contributed by atoms with van der Waals surface area (Å²) in [5.74, 6) is 1.02. The Morgan fingerprint density at radius 1 is 1.26 bits per heavy atom. The molecule has 1 aromatic carbocycles. The lowest BCUT2D eigenvalue weighted by Crippen LogP contribution is -2.35. The lowest BCUT2D eigenvalue weighted by Gasteiger charge is -2.27. The van der Waals surface area contributed by atoms with E-state index in [0.717, 1.165) is 77.9 Å². The number of pyridine rings is 1. The van der Waals surface area contributed by atoms with Crippen LogP contribution in [0.2, 0.25) is 5.02 Å². The number of amides is 1. The summed E-state index contributed by atoms with van der Waals surface area (Å²) in [6, 6.07) is 6.07. The fourth-order valence-electron chi connectivity index (χ4n) is 5.77.